The van der Waals surface area contributed by atoms with Gasteiger partial charge in [-0.15, -0.1) is 11.3 Å². The van der Waals surface area contributed by atoms with Gasteiger partial charge >= 0.3 is 6.18 Å². The Morgan fingerprint density at radius 1 is 1.16 bits per heavy atom. The second kappa shape index (κ2) is 7.95. The van der Waals surface area contributed by atoms with E-state index in [1.54, 1.807) is 0 Å². The molecular weight excluding hydrogens is 451 g/mol. The molecule has 4 rings (SSSR count). The Labute approximate surface area is 181 Å². The Hall–Kier alpha value is -2.37. The van der Waals surface area contributed by atoms with E-state index in [-0.39, 0.29) is 15.9 Å². The van der Waals surface area contributed by atoms with Crippen LogP contribution in [0.5, 0.6) is 0 Å². The smallest absolute Gasteiger partial charge is 0.366 e. The van der Waals surface area contributed by atoms with Crippen molar-refractivity contribution < 1.29 is 26.1 Å². The summed E-state index contributed by atoms with van der Waals surface area (Å²) in [6.45, 7) is 5.15. The van der Waals surface area contributed by atoms with Gasteiger partial charge in [0.25, 0.3) is 10.0 Å². The molecule has 0 saturated carbocycles. The van der Waals surface area contributed by atoms with Gasteiger partial charge in [-0.3, -0.25) is 0 Å². The van der Waals surface area contributed by atoms with E-state index in [9.17, 15) is 21.6 Å². The summed E-state index contributed by atoms with van der Waals surface area (Å²) in [6.07, 6.45) is -4.65. The molecule has 2 aromatic heterocycles. The van der Waals surface area contributed by atoms with Crippen molar-refractivity contribution in [3.8, 4) is 10.6 Å². The van der Waals surface area contributed by atoms with Crippen LogP contribution < -0.4 is 4.90 Å². The molecule has 3 aromatic rings. The summed E-state index contributed by atoms with van der Waals surface area (Å²) in [5.74, 6) is -1.22. The highest BCUT2D eigenvalue weighted by Crippen LogP contribution is 2.36. The Morgan fingerprint density at radius 2 is 1.94 bits per heavy atom. The van der Waals surface area contributed by atoms with Crippen molar-refractivity contribution in [1.82, 2.24) is 9.46 Å². The van der Waals surface area contributed by atoms with Crippen molar-refractivity contribution in [2.75, 3.05) is 24.5 Å². The van der Waals surface area contributed by atoms with Crippen LogP contribution in [0.15, 0.2) is 51.2 Å². The summed E-state index contributed by atoms with van der Waals surface area (Å²) in [4.78, 5) is 2.47. The number of halogens is 3. The molecule has 0 aliphatic carbocycles. The first-order chi connectivity index (χ1) is 14.6. The molecule has 0 amide bonds. The van der Waals surface area contributed by atoms with Gasteiger partial charge in [0, 0.05) is 37.4 Å². The van der Waals surface area contributed by atoms with Gasteiger partial charge in [0.15, 0.2) is 0 Å². The topological polar surface area (TPSA) is 66.7 Å². The van der Waals surface area contributed by atoms with E-state index in [0.29, 0.717) is 24.5 Å². The molecule has 1 aliphatic rings. The predicted octanol–water partition coefficient (Wildman–Crippen LogP) is 4.63. The molecule has 0 bridgehead atoms. The van der Waals surface area contributed by atoms with Gasteiger partial charge in [-0.05, 0) is 43.7 Å². The van der Waals surface area contributed by atoms with Gasteiger partial charge in [-0.25, -0.2) is 8.42 Å². The maximum atomic E-state index is 13.1. The van der Waals surface area contributed by atoms with E-state index in [4.69, 9.17) is 0 Å². The summed E-state index contributed by atoms with van der Waals surface area (Å²) in [5.41, 5.74) is 2.14. The molecule has 1 fully saturated rings. The minimum absolute atomic E-state index is 0.0327. The van der Waals surface area contributed by atoms with Crippen LogP contribution in [0.3, 0.4) is 0 Å². The third-order valence-electron chi connectivity index (χ3n) is 5.14. The van der Waals surface area contributed by atoms with Crippen LogP contribution in [0.1, 0.15) is 18.2 Å². The second-order valence-corrected chi connectivity index (χ2v) is 10.7. The Morgan fingerprint density at radius 3 is 2.58 bits per heavy atom. The molecule has 0 unspecified atom stereocenters. The third-order valence-corrected chi connectivity index (χ3v) is 8.58. The number of rotatable bonds is 4. The van der Waals surface area contributed by atoms with Gasteiger partial charge in [0.2, 0.25) is 5.76 Å². The lowest BCUT2D eigenvalue weighted by Crippen LogP contribution is -2.53. The average molecular weight is 472 g/mol. The Kier molecular flexibility index (Phi) is 5.61. The van der Waals surface area contributed by atoms with E-state index in [2.05, 4.69) is 20.6 Å². The zero-order chi connectivity index (χ0) is 22.4. The molecule has 1 aromatic carbocycles. The number of anilines is 1. The van der Waals surface area contributed by atoms with Gasteiger partial charge in [0.05, 0.1) is 4.88 Å². The normalized spacial score (nSPS) is 18.5. The highest BCUT2D eigenvalue weighted by atomic mass is 32.2. The highest BCUT2D eigenvalue weighted by molar-refractivity contribution is 7.91. The van der Waals surface area contributed by atoms with E-state index in [1.807, 2.05) is 32.0 Å². The van der Waals surface area contributed by atoms with Crippen LogP contribution >= 0.6 is 11.3 Å². The molecule has 1 saturated heterocycles. The molecule has 0 N–H and O–H groups in total. The number of alkyl halides is 3. The standard InChI is InChI=1S/C20H20F3N3O3S2/c1-13-4-3-5-15(10-13)26-9-8-25(12-14(26)2)31(27,28)19-7-6-17(30-19)16-11-18(29-24-16)20(21,22)23/h3-7,10-11,14H,8-9,12H2,1-2H3/t14-/m0/s1. The SMILES string of the molecule is Cc1cccc(N2CCN(S(=O)(=O)c3ccc(-c4cc(C(F)(F)F)on4)s3)C[C@@H]2C)c1. The lowest BCUT2D eigenvalue weighted by molar-refractivity contribution is -0.155. The van der Waals surface area contributed by atoms with Crippen LogP contribution in [0.2, 0.25) is 0 Å². The van der Waals surface area contributed by atoms with Crippen LogP contribution in [0.25, 0.3) is 10.6 Å². The number of piperazine rings is 1. The lowest BCUT2D eigenvalue weighted by atomic mass is 10.1. The van der Waals surface area contributed by atoms with E-state index < -0.39 is 22.0 Å². The van der Waals surface area contributed by atoms with Crippen LogP contribution in [-0.4, -0.2) is 43.6 Å². The second-order valence-electron chi connectivity index (χ2n) is 7.44. The predicted molar refractivity (Wildman–Crippen MR) is 112 cm³/mol. The minimum atomic E-state index is -4.65. The minimum Gasteiger partial charge on any atom is -0.366 e. The van der Waals surface area contributed by atoms with Crippen molar-refractivity contribution in [3.63, 3.8) is 0 Å². The Bertz CT molecular complexity index is 1190. The zero-order valence-corrected chi connectivity index (χ0v) is 18.4. The number of hydrogen-bond donors (Lipinski definition) is 0. The third kappa shape index (κ3) is 4.35. The summed E-state index contributed by atoms with van der Waals surface area (Å²) in [5, 5.41) is 3.42. The Balaban J connectivity index is 1.51. The maximum Gasteiger partial charge on any atom is 0.452 e. The molecule has 0 spiro atoms. The average Bonchev–Trinajstić information content (AvgIpc) is 3.37. The maximum absolute atomic E-state index is 13.1. The molecule has 0 radical (unpaired) electrons. The number of aryl methyl sites for hydroxylation is 1. The molecule has 6 nitrogen and oxygen atoms in total. The molecular formula is C20H20F3N3O3S2. The number of sulfonamides is 1. The van der Waals surface area contributed by atoms with Crippen LogP contribution in [-0.2, 0) is 16.2 Å². The van der Waals surface area contributed by atoms with Crippen molar-refractivity contribution in [2.45, 2.75) is 30.3 Å². The van der Waals surface area contributed by atoms with Crippen molar-refractivity contribution in [2.24, 2.45) is 0 Å². The van der Waals surface area contributed by atoms with Crippen molar-refractivity contribution in [3.05, 3.63) is 53.8 Å². The fourth-order valence-corrected chi connectivity index (χ4v) is 6.51. The number of benzene rings is 1. The highest BCUT2D eigenvalue weighted by Gasteiger charge is 2.37. The zero-order valence-electron chi connectivity index (χ0n) is 16.8. The van der Waals surface area contributed by atoms with Crippen molar-refractivity contribution in [1.29, 1.82) is 0 Å². The molecule has 31 heavy (non-hydrogen) atoms. The van der Waals surface area contributed by atoms with Gasteiger partial charge in [0.1, 0.15) is 9.90 Å². The number of thiophene rings is 1. The first-order valence-corrected chi connectivity index (χ1v) is 11.8. The summed E-state index contributed by atoms with van der Waals surface area (Å²) >= 11 is 0.878. The molecule has 11 heteroatoms. The monoisotopic (exact) mass is 471 g/mol. The largest absolute Gasteiger partial charge is 0.452 e. The molecule has 3 heterocycles. The lowest BCUT2D eigenvalue weighted by Gasteiger charge is -2.40. The fraction of sp³-hybridized carbons (Fsp3) is 0.350. The van der Waals surface area contributed by atoms with E-state index in [0.717, 1.165) is 28.7 Å². The summed E-state index contributed by atoms with van der Waals surface area (Å²) in [6, 6.07) is 11.6. The first kappa shape index (κ1) is 21.8. The first-order valence-electron chi connectivity index (χ1n) is 9.53. The summed E-state index contributed by atoms with van der Waals surface area (Å²) < 4.78 is 70.3. The van der Waals surface area contributed by atoms with E-state index >= 15 is 0 Å². The van der Waals surface area contributed by atoms with Gasteiger partial charge in [-0.2, -0.15) is 17.5 Å². The number of nitrogens with zero attached hydrogens (tertiary/aromatic N) is 3. The van der Waals surface area contributed by atoms with Crippen molar-refractivity contribution >= 4 is 27.0 Å². The van der Waals surface area contributed by atoms with Gasteiger partial charge in [-0.1, -0.05) is 17.3 Å². The van der Waals surface area contributed by atoms with Gasteiger partial charge < -0.3 is 9.42 Å². The molecule has 1 atom stereocenters. The van der Waals surface area contributed by atoms with Crippen LogP contribution in [0, 0.1) is 6.92 Å². The molecule has 166 valence electrons. The number of aromatic nitrogens is 1. The quantitative estimate of drug-likeness (QED) is 0.555. The van der Waals surface area contributed by atoms with Crippen LogP contribution in [0.4, 0.5) is 18.9 Å². The summed E-state index contributed by atoms with van der Waals surface area (Å²) in [7, 11) is -3.77. The van der Waals surface area contributed by atoms with E-state index in [1.165, 1.54) is 16.4 Å². The number of hydrogen-bond acceptors (Lipinski definition) is 6. The fourth-order valence-electron chi connectivity index (χ4n) is 3.58. The molecule has 1 aliphatic heterocycles.